The predicted molar refractivity (Wildman–Crippen MR) is 137 cm³/mol. The van der Waals surface area contributed by atoms with Gasteiger partial charge in [0.05, 0.1) is 6.10 Å². The van der Waals surface area contributed by atoms with Gasteiger partial charge in [0, 0.05) is 56.2 Å². The second-order valence-corrected chi connectivity index (χ2v) is 11.3. The molecule has 6 rings (SSSR count). The van der Waals surface area contributed by atoms with Crippen molar-refractivity contribution >= 4 is 17.5 Å². The second-order valence-electron chi connectivity index (χ2n) is 11.3. The third-order valence-electron chi connectivity index (χ3n) is 9.03. The number of aryl methyl sites for hydroxylation is 1. The lowest BCUT2D eigenvalue weighted by molar-refractivity contribution is -0.132. The number of benzene rings is 1. The van der Waals surface area contributed by atoms with Crippen molar-refractivity contribution in [3.05, 3.63) is 46.3 Å². The van der Waals surface area contributed by atoms with Crippen LogP contribution in [0.2, 0.25) is 0 Å². The van der Waals surface area contributed by atoms with Crippen LogP contribution in [0.3, 0.4) is 0 Å². The van der Waals surface area contributed by atoms with E-state index in [2.05, 4.69) is 36.9 Å². The Morgan fingerprint density at radius 3 is 2.61 bits per heavy atom. The summed E-state index contributed by atoms with van der Waals surface area (Å²) in [5.74, 6) is 1.14. The van der Waals surface area contributed by atoms with E-state index in [1.54, 1.807) is 0 Å². The highest BCUT2D eigenvalue weighted by atomic mass is 16.3. The van der Waals surface area contributed by atoms with Crippen LogP contribution >= 0.6 is 0 Å². The summed E-state index contributed by atoms with van der Waals surface area (Å²) in [6.45, 7) is 10.6. The molecule has 3 fully saturated rings. The molecule has 3 heterocycles. The molecule has 0 bridgehead atoms. The Balaban J connectivity index is 1.15. The number of aliphatic hydroxyl groups excluding tert-OH is 1. The fraction of sp³-hybridized carbons (Fsp3) is 0.607. The van der Waals surface area contributed by atoms with Crippen LogP contribution in [0.5, 0.6) is 0 Å². The number of aromatic nitrogens is 2. The van der Waals surface area contributed by atoms with Crippen LogP contribution in [0.15, 0.2) is 18.2 Å². The molecule has 2 aliphatic carbocycles. The molecule has 192 valence electrons. The Kier molecular flexibility index (Phi) is 5.82. The van der Waals surface area contributed by atoms with E-state index in [0.717, 1.165) is 37.2 Å². The standard InChI is InChI=1S/C28H37N5O3/c1-17-5-4-6-22(19(17)3)30-9-11-31(12-10-30)25(35)16-33-23-14-20-13-21(20)26(23)27(29-33)28(36)32-8-7-24(34)18(2)15-32/h4-6,18,20-21,24,34H,7-16H2,1-3H3/t18-,20-,21-,24+/m1/s1. The molecule has 4 atom stereocenters. The Morgan fingerprint density at radius 1 is 1.08 bits per heavy atom. The minimum Gasteiger partial charge on any atom is -0.393 e. The minimum atomic E-state index is -0.349. The van der Waals surface area contributed by atoms with Crippen molar-refractivity contribution in [2.45, 2.75) is 58.6 Å². The van der Waals surface area contributed by atoms with Crippen molar-refractivity contribution in [1.29, 1.82) is 0 Å². The Morgan fingerprint density at radius 2 is 1.86 bits per heavy atom. The summed E-state index contributed by atoms with van der Waals surface area (Å²) in [7, 11) is 0. The topological polar surface area (TPSA) is 81.9 Å². The van der Waals surface area contributed by atoms with E-state index in [1.165, 1.54) is 16.8 Å². The van der Waals surface area contributed by atoms with E-state index in [-0.39, 0.29) is 30.4 Å². The molecule has 0 unspecified atom stereocenters. The molecule has 1 N–H and O–H groups in total. The van der Waals surface area contributed by atoms with Crippen LogP contribution in [-0.4, -0.2) is 81.9 Å². The van der Waals surface area contributed by atoms with Gasteiger partial charge in [0.1, 0.15) is 6.54 Å². The van der Waals surface area contributed by atoms with E-state index in [1.807, 2.05) is 21.4 Å². The lowest BCUT2D eigenvalue weighted by Gasteiger charge is -2.37. The fourth-order valence-electron chi connectivity index (χ4n) is 6.45. The van der Waals surface area contributed by atoms with Crippen LogP contribution < -0.4 is 4.90 Å². The first-order valence-corrected chi connectivity index (χ1v) is 13.5. The largest absolute Gasteiger partial charge is 0.393 e. The highest BCUT2D eigenvalue weighted by Crippen LogP contribution is 2.57. The van der Waals surface area contributed by atoms with Crippen molar-refractivity contribution in [2.24, 2.45) is 11.8 Å². The number of carbonyl (C=O) groups is 2. The van der Waals surface area contributed by atoms with E-state index >= 15 is 0 Å². The molecule has 2 saturated heterocycles. The summed E-state index contributed by atoms with van der Waals surface area (Å²) >= 11 is 0. The maximum absolute atomic E-state index is 13.5. The minimum absolute atomic E-state index is 0.0362. The third-order valence-corrected chi connectivity index (χ3v) is 9.03. The van der Waals surface area contributed by atoms with Crippen molar-refractivity contribution in [1.82, 2.24) is 19.6 Å². The average Bonchev–Trinajstić information content (AvgIpc) is 3.40. The Labute approximate surface area is 212 Å². The predicted octanol–water partition coefficient (Wildman–Crippen LogP) is 2.35. The summed E-state index contributed by atoms with van der Waals surface area (Å²) < 4.78 is 1.83. The number of hydrogen-bond acceptors (Lipinski definition) is 5. The molecular formula is C28H37N5O3. The highest BCUT2D eigenvalue weighted by Gasteiger charge is 2.50. The van der Waals surface area contributed by atoms with Gasteiger partial charge in [-0.25, -0.2) is 0 Å². The highest BCUT2D eigenvalue weighted by molar-refractivity contribution is 5.95. The maximum atomic E-state index is 13.5. The van der Waals surface area contributed by atoms with Crippen molar-refractivity contribution < 1.29 is 14.7 Å². The number of nitrogens with zero attached hydrogens (tertiary/aromatic N) is 5. The summed E-state index contributed by atoms with van der Waals surface area (Å²) in [6, 6.07) is 6.41. The quantitative estimate of drug-likeness (QED) is 0.710. The number of carbonyl (C=O) groups excluding carboxylic acids is 2. The number of anilines is 1. The van der Waals surface area contributed by atoms with E-state index in [9.17, 15) is 14.7 Å². The van der Waals surface area contributed by atoms with Crippen LogP contribution in [0.4, 0.5) is 5.69 Å². The Bertz CT molecular complexity index is 1200. The number of piperidine rings is 1. The number of likely N-dealkylation sites (tertiary alicyclic amines) is 1. The summed E-state index contributed by atoms with van der Waals surface area (Å²) in [4.78, 5) is 32.9. The number of aliphatic hydroxyl groups is 1. The lowest BCUT2D eigenvalue weighted by atomic mass is 9.96. The number of fused-ring (bicyclic) bond motifs is 3. The molecule has 0 radical (unpaired) electrons. The monoisotopic (exact) mass is 491 g/mol. The van der Waals surface area contributed by atoms with Gasteiger partial charge < -0.3 is 19.8 Å². The van der Waals surface area contributed by atoms with E-state index in [4.69, 9.17) is 5.10 Å². The molecule has 2 aliphatic heterocycles. The zero-order valence-electron chi connectivity index (χ0n) is 21.6. The van der Waals surface area contributed by atoms with Crippen molar-refractivity contribution in [3.63, 3.8) is 0 Å². The zero-order valence-corrected chi connectivity index (χ0v) is 21.6. The van der Waals surface area contributed by atoms with Crippen molar-refractivity contribution in [2.75, 3.05) is 44.2 Å². The fourth-order valence-corrected chi connectivity index (χ4v) is 6.45. The first-order valence-electron chi connectivity index (χ1n) is 13.5. The first kappa shape index (κ1) is 23.5. The van der Waals surface area contributed by atoms with Gasteiger partial charge in [-0.05, 0) is 68.1 Å². The number of hydrogen-bond donors (Lipinski definition) is 1. The molecule has 2 aromatic rings. The lowest BCUT2D eigenvalue weighted by Crippen LogP contribution is -2.50. The van der Waals surface area contributed by atoms with Gasteiger partial charge >= 0.3 is 0 Å². The smallest absolute Gasteiger partial charge is 0.274 e. The molecule has 8 heteroatoms. The molecule has 36 heavy (non-hydrogen) atoms. The van der Waals surface area contributed by atoms with Crippen LogP contribution in [0.1, 0.15) is 58.6 Å². The van der Waals surface area contributed by atoms with Gasteiger partial charge in [0.25, 0.3) is 5.91 Å². The molecule has 1 saturated carbocycles. The molecule has 0 spiro atoms. The van der Waals surface area contributed by atoms with Gasteiger partial charge in [0.15, 0.2) is 5.69 Å². The molecule has 1 aromatic carbocycles. The molecule has 1 aromatic heterocycles. The van der Waals surface area contributed by atoms with Gasteiger partial charge in [-0.3, -0.25) is 14.3 Å². The van der Waals surface area contributed by atoms with Gasteiger partial charge in [-0.15, -0.1) is 0 Å². The maximum Gasteiger partial charge on any atom is 0.274 e. The van der Waals surface area contributed by atoms with Crippen LogP contribution in [0.25, 0.3) is 0 Å². The Hall–Kier alpha value is -2.87. The first-order chi connectivity index (χ1) is 17.3. The molecule has 8 nitrogen and oxygen atoms in total. The van der Waals surface area contributed by atoms with E-state index < -0.39 is 0 Å². The molecular weight excluding hydrogens is 454 g/mol. The SMILES string of the molecule is Cc1cccc(N2CCN(C(=O)Cn3nc(C(=O)N4CC[C@H](O)[C@H](C)C4)c4c3C[C@H]3C[C@@H]43)CC2)c1C. The third kappa shape index (κ3) is 3.99. The van der Waals surface area contributed by atoms with Crippen molar-refractivity contribution in [3.8, 4) is 0 Å². The van der Waals surface area contributed by atoms with Gasteiger partial charge in [-0.2, -0.15) is 5.10 Å². The number of piperazine rings is 1. The van der Waals surface area contributed by atoms with Crippen LogP contribution in [-0.2, 0) is 17.8 Å². The number of rotatable bonds is 4. The average molecular weight is 492 g/mol. The summed E-state index contributed by atoms with van der Waals surface area (Å²) in [5, 5.41) is 14.8. The van der Waals surface area contributed by atoms with Gasteiger partial charge in [-0.1, -0.05) is 19.1 Å². The number of amides is 2. The normalized spacial score (nSPS) is 27.2. The van der Waals surface area contributed by atoms with E-state index in [0.29, 0.717) is 50.1 Å². The molecule has 4 aliphatic rings. The second kappa shape index (κ2) is 8.91. The summed E-state index contributed by atoms with van der Waals surface area (Å²) in [5.41, 5.74) is 6.58. The molecule has 2 amide bonds. The van der Waals surface area contributed by atoms with Crippen LogP contribution in [0, 0.1) is 25.7 Å². The van der Waals surface area contributed by atoms with Gasteiger partial charge in [0.2, 0.25) is 5.91 Å². The summed E-state index contributed by atoms with van der Waals surface area (Å²) in [6.07, 6.45) is 2.30. The zero-order chi connectivity index (χ0) is 25.1.